The quantitative estimate of drug-likeness (QED) is 0.800. The van der Waals surface area contributed by atoms with Gasteiger partial charge in [0.15, 0.2) is 0 Å². The first-order valence-corrected chi connectivity index (χ1v) is 7.56. The van der Waals surface area contributed by atoms with Crippen LogP contribution in [0.15, 0.2) is 48.5 Å². The molecule has 0 amide bonds. The molecule has 0 N–H and O–H groups in total. The van der Waals surface area contributed by atoms with Crippen molar-refractivity contribution in [2.75, 3.05) is 24.6 Å². The van der Waals surface area contributed by atoms with Gasteiger partial charge in [-0.2, -0.15) is 4.39 Å². The highest BCUT2D eigenvalue weighted by atomic mass is 19.1. The molecule has 0 atom stereocenters. The van der Waals surface area contributed by atoms with E-state index < -0.39 is 5.95 Å². The molecule has 1 aliphatic heterocycles. The molecule has 0 unspecified atom stereocenters. The van der Waals surface area contributed by atoms with Gasteiger partial charge in [-0.15, -0.1) is 0 Å². The third-order valence-electron chi connectivity index (χ3n) is 3.77. The lowest BCUT2D eigenvalue weighted by Gasteiger charge is -2.28. The van der Waals surface area contributed by atoms with Crippen molar-refractivity contribution in [1.29, 1.82) is 0 Å². The number of rotatable bonds is 4. The van der Waals surface area contributed by atoms with Crippen molar-refractivity contribution in [1.82, 2.24) is 4.98 Å². The SMILES string of the molecule is CCOc1ccccc1C1=CCN(c2cccc(F)n2)CC1. The average molecular weight is 298 g/mol. The molecule has 3 rings (SSSR count). The maximum atomic E-state index is 13.2. The number of hydrogen-bond acceptors (Lipinski definition) is 3. The minimum absolute atomic E-state index is 0.436. The zero-order valence-electron chi connectivity index (χ0n) is 12.6. The molecule has 4 heteroatoms. The summed E-state index contributed by atoms with van der Waals surface area (Å²) in [6.45, 7) is 4.20. The van der Waals surface area contributed by atoms with Gasteiger partial charge in [0.25, 0.3) is 0 Å². The number of nitrogens with zero attached hydrogens (tertiary/aromatic N) is 2. The van der Waals surface area contributed by atoms with Crippen molar-refractivity contribution < 1.29 is 9.13 Å². The third-order valence-corrected chi connectivity index (χ3v) is 3.77. The number of hydrogen-bond donors (Lipinski definition) is 0. The van der Waals surface area contributed by atoms with Gasteiger partial charge in [-0.3, -0.25) is 0 Å². The van der Waals surface area contributed by atoms with E-state index in [2.05, 4.69) is 22.0 Å². The first-order valence-electron chi connectivity index (χ1n) is 7.56. The van der Waals surface area contributed by atoms with Crippen LogP contribution in [0.25, 0.3) is 5.57 Å². The van der Waals surface area contributed by atoms with Crippen LogP contribution in [-0.4, -0.2) is 24.7 Å². The van der Waals surface area contributed by atoms with Gasteiger partial charge in [0.1, 0.15) is 11.6 Å². The second kappa shape index (κ2) is 6.60. The number of halogens is 1. The van der Waals surface area contributed by atoms with Crippen molar-refractivity contribution in [2.24, 2.45) is 0 Å². The molecule has 2 heterocycles. The molecule has 2 aromatic rings. The normalized spacial score (nSPS) is 14.6. The topological polar surface area (TPSA) is 25.4 Å². The Balaban J connectivity index is 1.79. The monoisotopic (exact) mass is 298 g/mol. The molecule has 1 aromatic carbocycles. The van der Waals surface area contributed by atoms with Crippen molar-refractivity contribution in [3.8, 4) is 5.75 Å². The molecule has 0 fully saturated rings. The Labute approximate surface area is 130 Å². The van der Waals surface area contributed by atoms with Gasteiger partial charge in [0, 0.05) is 18.7 Å². The van der Waals surface area contributed by atoms with Crippen molar-refractivity contribution in [2.45, 2.75) is 13.3 Å². The number of anilines is 1. The largest absolute Gasteiger partial charge is 0.493 e. The standard InChI is InChI=1S/C18H19FN2O/c1-2-22-16-7-4-3-6-15(16)14-10-12-21(13-11-14)18-9-5-8-17(19)20-18/h3-10H,2,11-13H2,1H3. The Kier molecular flexibility index (Phi) is 4.37. The van der Waals surface area contributed by atoms with E-state index in [1.54, 1.807) is 6.07 Å². The molecule has 1 aliphatic rings. The molecule has 3 nitrogen and oxygen atoms in total. The number of aromatic nitrogens is 1. The smallest absolute Gasteiger partial charge is 0.214 e. The summed E-state index contributed by atoms with van der Waals surface area (Å²) >= 11 is 0. The Morgan fingerprint density at radius 2 is 2.05 bits per heavy atom. The predicted octanol–water partition coefficient (Wildman–Crippen LogP) is 3.91. The Morgan fingerprint density at radius 1 is 1.18 bits per heavy atom. The molecule has 0 spiro atoms. The fourth-order valence-electron chi connectivity index (χ4n) is 2.71. The van der Waals surface area contributed by atoms with Gasteiger partial charge in [-0.1, -0.05) is 30.3 Å². The van der Waals surface area contributed by atoms with Crippen molar-refractivity contribution in [3.05, 3.63) is 60.1 Å². The van der Waals surface area contributed by atoms with E-state index in [0.29, 0.717) is 12.4 Å². The van der Waals surface area contributed by atoms with E-state index in [-0.39, 0.29) is 0 Å². The van der Waals surface area contributed by atoms with Crippen LogP contribution in [0.1, 0.15) is 18.9 Å². The Hall–Kier alpha value is -2.36. The van der Waals surface area contributed by atoms with Gasteiger partial charge < -0.3 is 9.64 Å². The number of para-hydroxylation sites is 1. The maximum Gasteiger partial charge on any atom is 0.214 e. The van der Waals surface area contributed by atoms with Crippen LogP contribution in [0.5, 0.6) is 5.75 Å². The molecule has 22 heavy (non-hydrogen) atoms. The lowest BCUT2D eigenvalue weighted by molar-refractivity contribution is 0.339. The second-order valence-corrected chi connectivity index (χ2v) is 5.17. The molecule has 0 saturated carbocycles. The molecule has 1 aromatic heterocycles. The first kappa shape index (κ1) is 14.6. The summed E-state index contributed by atoms with van der Waals surface area (Å²) in [7, 11) is 0. The summed E-state index contributed by atoms with van der Waals surface area (Å²) in [5, 5.41) is 0. The predicted molar refractivity (Wildman–Crippen MR) is 86.6 cm³/mol. The zero-order chi connectivity index (χ0) is 15.4. The number of benzene rings is 1. The summed E-state index contributed by atoms with van der Waals surface area (Å²) in [6, 6.07) is 13.0. The van der Waals surface area contributed by atoms with Gasteiger partial charge in [-0.05, 0) is 37.1 Å². The van der Waals surface area contributed by atoms with Crippen molar-refractivity contribution >= 4 is 11.4 Å². The van der Waals surface area contributed by atoms with Crippen LogP contribution in [0, 0.1) is 5.95 Å². The van der Waals surface area contributed by atoms with Crippen LogP contribution >= 0.6 is 0 Å². The Bertz CT molecular complexity index is 684. The first-order chi connectivity index (χ1) is 10.8. The lowest BCUT2D eigenvalue weighted by Crippen LogP contribution is -2.29. The van der Waals surface area contributed by atoms with E-state index in [4.69, 9.17) is 4.74 Å². The van der Waals surface area contributed by atoms with Crippen LogP contribution in [0.2, 0.25) is 0 Å². The third kappa shape index (κ3) is 3.11. The fraction of sp³-hybridized carbons (Fsp3) is 0.278. The molecule has 114 valence electrons. The van der Waals surface area contributed by atoms with Crippen LogP contribution in [0.4, 0.5) is 10.2 Å². The van der Waals surface area contributed by atoms with E-state index in [0.717, 1.165) is 30.8 Å². The summed E-state index contributed by atoms with van der Waals surface area (Å²) in [6.07, 6.45) is 3.07. The lowest BCUT2D eigenvalue weighted by atomic mass is 9.98. The number of ether oxygens (including phenoxy) is 1. The Morgan fingerprint density at radius 3 is 2.77 bits per heavy atom. The van der Waals surface area contributed by atoms with Gasteiger partial charge in [0.2, 0.25) is 5.95 Å². The summed E-state index contributed by atoms with van der Waals surface area (Å²) in [4.78, 5) is 6.03. The molecule has 0 saturated heterocycles. The molecule has 0 radical (unpaired) electrons. The molecule has 0 aliphatic carbocycles. The van der Waals surface area contributed by atoms with Crippen LogP contribution < -0.4 is 9.64 Å². The minimum atomic E-state index is -0.436. The molecule has 0 bridgehead atoms. The van der Waals surface area contributed by atoms with E-state index in [9.17, 15) is 4.39 Å². The zero-order valence-corrected chi connectivity index (χ0v) is 12.6. The number of pyridine rings is 1. The van der Waals surface area contributed by atoms with E-state index in [1.807, 2.05) is 31.2 Å². The van der Waals surface area contributed by atoms with Crippen LogP contribution in [0.3, 0.4) is 0 Å². The summed E-state index contributed by atoms with van der Waals surface area (Å²) in [5.74, 6) is 1.18. The highest BCUT2D eigenvalue weighted by Gasteiger charge is 2.16. The molecular formula is C18H19FN2O. The highest BCUT2D eigenvalue weighted by molar-refractivity contribution is 5.72. The van der Waals surface area contributed by atoms with E-state index >= 15 is 0 Å². The summed E-state index contributed by atoms with van der Waals surface area (Å²) in [5.41, 5.74) is 2.42. The maximum absolute atomic E-state index is 13.2. The minimum Gasteiger partial charge on any atom is -0.493 e. The molecular weight excluding hydrogens is 279 g/mol. The fourth-order valence-corrected chi connectivity index (χ4v) is 2.71. The van der Waals surface area contributed by atoms with Crippen LogP contribution in [-0.2, 0) is 0 Å². The van der Waals surface area contributed by atoms with Gasteiger partial charge in [0.05, 0.1) is 6.61 Å². The van der Waals surface area contributed by atoms with E-state index in [1.165, 1.54) is 11.6 Å². The van der Waals surface area contributed by atoms with Gasteiger partial charge >= 0.3 is 0 Å². The second-order valence-electron chi connectivity index (χ2n) is 5.17. The highest BCUT2D eigenvalue weighted by Crippen LogP contribution is 2.31. The summed E-state index contributed by atoms with van der Waals surface area (Å²) < 4.78 is 18.9. The van der Waals surface area contributed by atoms with Gasteiger partial charge in [-0.25, -0.2) is 4.98 Å². The van der Waals surface area contributed by atoms with Crippen molar-refractivity contribution in [3.63, 3.8) is 0 Å². The average Bonchev–Trinajstić information content (AvgIpc) is 2.56.